The fraction of sp³-hybridized carbons (Fsp3) is 0.278. The van der Waals surface area contributed by atoms with Crippen molar-refractivity contribution >= 4 is 17.5 Å². The molecule has 2 rings (SSSR count). The van der Waals surface area contributed by atoms with Crippen LogP contribution in [0.5, 0.6) is 5.75 Å². The number of para-hydroxylation sites is 1. The summed E-state index contributed by atoms with van der Waals surface area (Å²) in [6.45, 7) is 0.597. The lowest BCUT2D eigenvalue weighted by atomic mass is 10.1. The zero-order valence-electron chi connectivity index (χ0n) is 14.1. The molecule has 0 aromatic heterocycles. The third kappa shape index (κ3) is 5.11. The maximum atomic E-state index is 14.1. The number of benzene rings is 2. The first kappa shape index (κ1) is 21.0. The number of hydrogen-bond donors (Lipinski definition) is 2. The van der Waals surface area contributed by atoms with E-state index in [0.29, 0.717) is 0 Å². The van der Waals surface area contributed by atoms with Crippen molar-refractivity contribution in [3.05, 3.63) is 64.4 Å². The number of carbonyl (C=O) groups excluding carboxylic acids is 1. The van der Waals surface area contributed by atoms with E-state index in [1.807, 2.05) is 0 Å². The number of carbonyl (C=O) groups is 1. The molecule has 0 spiro atoms. The van der Waals surface area contributed by atoms with Crippen LogP contribution in [0.25, 0.3) is 0 Å². The van der Waals surface area contributed by atoms with Crippen LogP contribution in [-0.2, 0) is 11.0 Å². The van der Waals surface area contributed by atoms with Gasteiger partial charge in [0.2, 0.25) is 0 Å². The molecule has 1 amide bonds. The fourth-order valence-electron chi connectivity index (χ4n) is 2.35. The van der Waals surface area contributed by atoms with E-state index in [4.69, 9.17) is 16.3 Å². The number of amides is 1. The van der Waals surface area contributed by atoms with E-state index in [9.17, 15) is 27.5 Å². The Morgan fingerprint density at radius 3 is 2.52 bits per heavy atom. The SMILES string of the molecule is CC(Oc1ccccc1C(F)(F)F)C(=O)NC(CO)c1cccc(Cl)c1F. The molecule has 0 saturated heterocycles. The van der Waals surface area contributed by atoms with E-state index < -0.39 is 48.0 Å². The van der Waals surface area contributed by atoms with E-state index in [0.717, 1.165) is 12.1 Å². The smallest absolute Gasteiger partial charge is 0.419 e. The molecule has 0 saturated carbocycles. The molecule has 146 valence electrons. The number of ether oxygens (including phenoxy) is 1. The Kier molecular flexibility index (Phi) is 6.67. The Labute approximate surface area is 157 Å². The van der Waals surface area contributed by atoms with E-state index in [1.165, 1.54) is 37.3 Å². The molecule has 0 aliphatic carbocycles. The van der Waals surface area contributed by atoms with Crippen molar-refractivity contribution < 1.29 is 32.2 Å². The molecule has 27 heavy (non-hydrogen) atoms. The van der Waals surface area contributed by atoms with Gasteiger partial charge in [0, 0.05) is 5.56 Å². The van der Waals surface area contributed by atoms with Gasteiger partial charge >= 0.3 is 6.18 Å². The zero-order valence-corrected chi connectivity index (χ0v) is 14.8. The van der Waals surface area contributed by atoms with Gasteiger partial charge in [0.05, 0.1) is 23.2 Å². The van der Waals surface area contributed by atoms with Crippen molar-refractivity contribution in [3.63, 3.8) is 0 Å². The fourth-order valence-corrected chi connectivity index (χ4v) is 2.53. The minimum absolute atomic E-state index is 0.0544. The highest BCUT2D eigenvalue weighted by Crippen LogP contribution is 2.36. The Morgan fingerprint density at radius 1 is 1.22 bits per heavy atom. The summed E-state index contributed by atoms with van der Waals surface area (Å²) < 4.78 is 58.2. The van der Waals surface area contributed by atoms with Gasteiger partial charge in [-0.15, -0.1) is 0 Å². The maximum absolute atomic E-state index is 14.1. The third-order valence-corrected chi connectivity index (χ3v) is 4.01. The van der Waals surface area contributed by atoms with Crippen LogP contribution >= 0.6 is 11.6 Å². The lowest BCUT2D eigenvalue weighted by molar-refractivity contribution is -0.140. The van der Waals surface area contributed by atoms with Crippen LogP contribution in [-0.4, -0.2) is 23.7 Å². The summed E-state index contributed by atoms with van der Waals surface area (Å²) in [5.41, 5.74) is -1.08. The van der Waals surface area contributed by atoms with E-state index in [-0.39, 0.29) is 10.6 Å². The molecule has 9 heteroatoms. The van der Waals surface area contributed by atoms with E-state index in [1.54, 1.807) is 0 Å². The van der Waals surface area contributed by atoms with Gasteiger partial charge in [0.1, 0.15) is 11.6 Å². The summed E-state index contributed by atoms with van der Waals surface area (Å²) in [7, 11) is 0. The number of rotatable bonds is 6. The molecular formula is C18H16ClF4NO3. The monoisotopic (exact) mass is 405 g/mol. The molecule has 2 N–H and O–H groups in total. The first-order valence-corrected chi connectivity index (χ1v) is 8.21. The normalized spacial score (nSPS) is 13.7. The second-order valence-electron chi connectivity index (χ2n) is 5.64. The highest BCUT2D eigenvalue weighted by molar-refractivity contribution is 6.30. The third-order valence-electron chi connectivity index (χ3n) is 3.72. The van der Waals surface area contributed by atoms with Gasteiger partial charge in [-0.2, -0.15) is 13.2 Å². The van der Waals surface area contributed by atoms with Gasteiger partial charge in [0.15, 0.2) is 6.10 Å². The highest BCUT2D eigenvalue weighted by Gasteiger charge is 2.35. The van der Waals surface area contributed by atoms with Crippen molar-refractivity contribution in [1.29, 1.82) is 0 Å². The lowest BCUT2D eigenvalue weighted by Crippen LogP contribution is -2.40. The lowest BCUT2D eigenvalue weighted by Gasteiger charge is -2.22. The zero-order chi connectivity index (χ0) is 20.2. The summed E-state index contributed by atoms with van der Waals surface area (Å²) >= 11 is 5.68. The topological polar surface area (TPSA) is 58.6 Å². The molecular weight excluding hydrogens is 390 g/mol. The molecule has 2 unspecified atom stereocenters. The average molecular weight is 406 g/mol. The van der Waals surface area contributed by atoms with E-state index >= 15 is 0 Å². The van der Waals surface area contributed by atoms with Crippen LogP contribution in [0.1, 0.15) is 24.1 Å². The molecule has 0 aliphatic rings. The van der Waals surface area contributed by atoms with Crippen LogP contribution in [0.15, 0.2) is 42.5 Å². The summed E-state index contributed by atoms with van der Waals surface area (Å²) in [5.74, 6) is -2.15. The van der Waals surface area contributed by atoms with Gasteiger partial charge in [-0.05, 0) is 25.1 Å². The quantitative estimate of drug-likeness (QED) is 0.711. The number of alkyl halides is 3. The highest BCUT2D eigenvalue weighted by atomic mass is 35.5. The Bertz CT molecular complexity index is 813. The summed E-state index contributed by atoms with van der Waals surface area (Å²) in [5, 5.41) is 11.6. The number of halogens is 5. The molecule has 0 radical (unpaired) electrons. The molecule has 4 nitrogen and oxygen atoms in total. The van der Waals surface area contributed by atoms with Crippen molar-refractivity contribution in [2.24, 2.45) is 0 Å². The number of aliphatic hydroxyl groups is 1. The van der Waals surface area contributed by atoms with Gasteiger partial charge in [-0.25, -0.2) is 4.39 Å². The minimum Gasteiger partial charge on any atom is -0.480 e. The molecule has 0 aliphatic heterocycles. The molecule has 0 heterocycles. The van der Waals surface area contributed by atoms with Crippen LogP contribution in [0, 0.1) is 5.82 Å². The second kappa shape index (κ2) is 8.58. The van der Waals surface area contributed by atoms with Gasteiger partial charge in [-0.1, -0.05) is 35.9 Å². The molecule has 0 fully saturated rings. The molecule has 2 aromatic rings. The molecule has 2 atom stereocenters. The summed E-state index contributed by atoms with van der Waals surface area (Å²) in [6, 6.07) is 7.39. The first-order chi connectivity index (χ1) is 12.6. The largest absolute Gasteiger partial charge is 0.480 e. The molecule has 2 aromatic carbocycles. The number of aliphatic hydroxyl groups excluding tert-OH is 1. The van der Waals surface area contributed by atoms with Crippen molar-refractivity contribution in [2.75, 3.05) is 6.61 Å². The molecule has 0 bridgehead atoms. The Morgan fingerprint density at radius 2 is 1.89 bits per heavy atom. The van der Waals surface area contributed by atoms with Crippen LogP contribution in [0.2, 0.25) is 5.02 Å². The summed E-state index contributed by atoms with van der Waals surface area (Å²) in [4.78, 5) is 12.3. The Hall–Kier alpha value is -2.32. The Balaban J connectivity index is 2.15. The predicted molar refractivity (Wildman–Crippen MR) is 90.9 cm³/mol. The minimum atomic E-state index is -4.65. The van der Waals surface area contributed by atoms with Gasteiger partial charge in [0.25, 0.3) is 5.91 Å². The van der Waals surface area contributed by atoms with Crippen molar-refractivity contribution in [3.8, 4) is 5.75 Å². The number of hydrogen-bond acceptors (Lipinski definition) is 3. The standard InChI is InChI=1S/C18H16ClF4NO3/c1-10(27-15-8-3-2-6-12(15)18(21,22)23)17(26)24-14(9-25)11-5-4-7-13(19)16(11)20/h2-8,10,14,25H,9H2,1H3,(H,24,26). The average Bonchev–Trinajstić information content (AvgIpc) is 2.61. The second-order valence-corrected chi connectivity index (χ2v) is 6.05. The predicted octanol–water partition coefficient (Wildman–Crippen LogP) is 4.12. The van der Waals surface area contributed by atoms with Crippen molar-refractivity contribution in [2.45, 2.75) is 25.2 Å². The van der Waals surface area contributed by atoms with E-state index in [2.05, 4.69) is 5.32 Å². The van der Waals surface area contributed by atoms with Gasteiger partial charge < -0.3 is 15.2 Å². The van der Waals surface area contributed by atoms with Crippen LogP contribution < -0.4 is 10.1 Å². The van der Waals surface area contributed by atoms with Crippen LogP contribution in [0.4, 0.5) is 17.6 Å². The maximum Gasteiger partial charge on any atom is 0.419 e. The van der Waals surface area contributed by atoms with Crippen molar-refractivity contribution in [1.82, 2.24) is 5.32 Å². The number of nitrogens with one attached hydrogen (secondary N) is 1. The van der Waals surface area contributed by atoms with Gasteiger partial charge in [-0.3, -0.25) is 4.79 Å². The van der Waals surface area contributed by atoms with Crippen LogP contribution in [0.3, 0.4) is 0 Å². The first-order valence-electron chi connectivity index (χ1n) is 7.83. The summed E-state index contributed by atoms with van der Waals surface area (Å²) in [6.07, 6.45) is -5.98.